The number of benzene rings is 2. The average molecular weight is 492 g/mol. The van der Waals surface area contributed by atoms with Crippen molar-refractivity contribution in [2.45, 2.75) is 31.5 Å². The summed E-state index contributed by atoms with van der Waals surface area (Å²) in [6.07, 6.45) is 0.243. The van der Waals surface area contributed by atoms with E-state index in [1.807, 2.05) is 0 Å². The Kier molecular flexibility index (Phi) is 6.15. The van der Waals surface area contributed by atoms with Gasteiger partial charge >= 0.3 is 6.03 Å². The second kappa shape index (κ2) is 8.79. The molecule has 8 nitrogen and oxygen atoms in total. The zero-order chi connectivity index (χ0) is 24.7. The van der Waals surface area contributed by atoms with Gasteiger partial charge in [0.15, 0.2) is 9.84 Å². The van der Waals surface area contributed by atoms with Crippen LogP contribution in [0.5, 0.6) is 0 Å². The molecule has 0 bridgehead atoms. The molecule has 2 fully saturated rings. The molecular weight excluding hydrogens is 468 g/mol. The number of sulfone groups is 1. The molecule has 34 heavy (non-hydrogen) atoms. The number of halogens is 2. The number of hydrogen-bond acceptors (Lipinski definition) is 5. The van der Waals surface area contributed by atoms with Crippen LogP contribution in [-0.4, -0.2) is 60.2 Å². The number of imide groups is 1. The minimum absolute atomic E-state index is 0.0592. The highest BCUT2D eigenvalue weighted by Crippen LogP contribution is 2.31. The monoisotopic (exact) mass is 491 g/mol. The van der Waals surface area contributed by atoms with Gasteiger partial charge in [-0.25, -0.2) is 22.0 Å². The van der Waals surface area contributed by atoms with Crippen molar-refractivity contribution in [2.24, 2.45) is 0 Å². The molecule has 4 amide bonds. The molecule has 0 spiro atoms. The van der Waals surface area contributed by atoms with Crippen LogP contribution in [0.2, 0.25) is 0 Å². The van der Waals surface area contributed by atoms with Crippen LogP contribution < -0.4 is 5.32 Å². The normalized spacial score (nSPS) is 23.7. The lowest BCUT2D eigenvalue weighted by Gasteiger charge is -2.30. The predicted molar refractivity (Wildman–Crippen MR) is 118 cm³/mol. The van der Waals surface area contributed by atoms with Crippen molar-refractivity contribution in [3.63, 3.8) is 0 Å². The van der Waals surface area contributed by atoms with E-state index in [-0.39, 0.29) is 30.0 Å². The first-order valence-electron chi connectivity index (χ1n) is 10.6. The molecule has 0 saturated carbocycles. The van der Waals surface area contributed by atoms with Crippen molar-refractivity contribution in [1.82, 2.24) is 15.1 Å². The summed E-state index contributed by atoms with van der Waals surface area (Å²) in [6, 6.07) is 9.95. The first kappa shape index (κ1) is 23.8. The van der Waals surface area contributed by atoms with Crippen molar-refractivity contribution in [3.8, 4) is 0 Å². The Hall–Kier alpha value is -3.34. The SMILES string of the molecule is C[C@@]1(c2cc(F)ccc2F)NC(=O)N(CC(=O)N(Cc2ccccc2)[C@H]2CCS(=O)(=O)C2)C1=O. The smallest absolute Gasteiger partial charge is 0.325 e. The quantitative estimate of drug-likeness (QED) is 0.622. The lowest BCUT2D eigenvalue weighted by atomic mass is 9.91. The first-order chi connectivity index (χ1) is 16.0. The fourth-order valence-corrected chi connectivity index (χ4v) is 6.08. The van der Waals surface area contributed by atoms with Crippen LogP contribution >= 0.6 is 0 Å². The van der Waals surface area contributed by atoms with Crippen LogP contribution in [0.3, 0.4) is 0 Å². The fraction of sp³-hybridized carbons (Fsp3) is 0.348. The molecule has 4 rings (SSSR count). The number of hydrogen-bond donors (Lipinski definition) is 1. The summed E-state index contributed by atoms with van der Waals surface area (Å²) >= 11 is 0. The molecule has 2 aromatic rings. The fourth-order valence-electron chi connectivity index (χ4n) is 4.35. The number of rotatable bonds is 6. The van der Waals surface area contributed by atoms with Gasteiger partial charge in [-0.3, -0.25) is 14.5 Å². The number of carbonyl (C=O) groups is 3. The Morgan fingerprint density at radius 1 is 1.18 bits per heavy atom. The third-order valence-electron chi connectivity index (χ3n) is 6.20. The molecule has 0 radical (unpaired) electrons. The van der Waals surface area contributed by atoms with E-state index in [2.05, 4.69) is 5.32 Å². The minimum atomic E-state index is -3.31. The molecule has 0 unspecified atom stereocenters. The number of nitrogens with one attached hydrogen (secondary N) is 1. The molecule has 2 aliphatic rings. The lowest BCUT2D eigenvalue weighted by Crippen LogP contribution is -2.48. The van der Waals surface area contributed by atoms with Gasteiger partial charge in [-0.2, -0.15) is 0 Å². The van der Waals surface area contributed by atoms with Gasteiger partial charge in [-0.1, -0.05) is 30.3 Å². The predicted octanol–water partition coefficient (Wildman–Crippen LogP) is 1.95. The second-order valence-corrected chi connectivity index (χ2v) is 10.9. The van der Waals surface area contributed by atoms with Gasteiger partial charge in [0.2, 0.25) is 5.91 Å². The highest BCUT2D eigenvalue weighted by atomic mass is 32.2. The van der Waals surface area contributed by atoms with E-state index in [4.69, 9.17) is 0 Å². The van der Waals surface area contributed by atoms with Gasteiger partial charge in [0.25, 0.3) is 5.91 Å². The van der Waals surface area contributed by atoms with Gasteiger partial charge in [0, 0.05) is 18.2 Å². The Morgan fingerprint density at radius 2 is 1.88 bits per heavy atom. The van der Waals surface area contributed by atoms with E-state index < -0.39 is 57.4 Å². The molecule has 1 N–H and O–H groups in total. The summed E-state index contributed by atoms with van der Waals surface area (Å²) < 4.78 is 52.2. The van der Waals surface area contributed by atoms with Crippen molar-refractivity contribution in [2.75, 3.05) is 18.1 Å². The highest BCUT2D eigenvalue weighted by Gasteiger charge is 2.51. The summed E-state index contributed by atoms with van der Waals surface area (Å²) in [6.45, 7) is 0.667. The van der Waals surface area contributed by atoms with Gasteiger partial charge in [0.1, 0.15) is 23.7 Å². The van der Waals surface area contributed by atoms with Gasteiger partial charge in [-0.05, 0) is 37.1 Å². The van der Waals surface area contributed by atoms with Crippen molar-refractivity contribution in [1.29, 1.82) is 0 Å². The van der Waals surface area contributed by atoms with E-state index >= 15 is 0 Å². The van der Waals surface area contributed by atoms with Crippen LogP contribution in [-0.2, 0) is 31.5 Å². The molecule has 2 aliphatic heterocycles. The van der Waals surface area contributed by atoms with E-state index in [1.165, 1.54) is 11.8 Å². The minimum Gasteiger partial charge on any atom is -0.333 e. The van der Waals surface area contributed by atoms with Crippen LogP contribution in [0.1, 0.15) is 24.5 Å². The van der Waals surface area contributed by atoms with Crippen molar-refractivity contribution >= 4 is 27.7 Å². The maximum Gasteiger partial charge on any atom is 0.325 e. The molecule has 180 valence electrons. The molecule has 11 heteroatoms. The summed E-state index contributed by atoms with van der Waals surface area (Å²) in [5, 5.41) is 2.36. The zero-order valence-corrected chi connectivity index (χ0v) is 19.1. The molecular formula is C23H23F2N3O5S. The van der Waals surface area contributed by atoms with E-state index in [0.717, 1.165) is 23.8 Å². The highest BCUT2D eigenvalue weighted by molar-refractivity contribution is 7.91. The Labute approximate surface area is 195 Å². The lowest BCUT2D eigenvalue weighted by molar-refractivity contribution is -0.140. The maximum atomic E-state index is 14.4. The van der Waals surface area contributed by atoms with Gasteiger partial charge in [0.05, 0.1) is 11.5 Å². The van der Waals surface area contributed by atoms with Crippen molar-refractivity contribution in [3.05, 3.63) is 71.3 Å². The van der Waals surface area contributed by atoms with Crippen LogP contribution in [0.25, 0.3) is 0 Å². The molecule has 2 heterocycles. The number of amides is 4. The zero-order valence-electron chi connectivity index (χ0n) is 18.3. The third kappa shape index (κ3) is 4.52. The summed E-state index contributed by atoms with van der Waals surface area (Å²) in [7, 11) is -3.31. The molecule has 2 saturated heterocycles. The molecule has 2 atom stereocenters. The van der Waals surface area contributed by atoms with Crippen molar-refractivity contribution < 1.29 is 31.6 Å². The van der Waals surface area contributed by atoms with Gasteiger partial charge in [-0.15, -0.1) is 0 Å². The third-order valence-corrected chi connectivity index (χ3v) is 7.95. The average Bonchev–Trinajstić information content (AvgIpc) is 3.25. The summed E-state index contributed by atoms with van der Waals surface area (Å²) in [4.78, 5) is 41.0. The summed E-state index contributed by atoms with van der Waals surface area (Å²) in [5.74, 6) is -3.47. The molecule has 2 aromatic carbocycles. The number of urea groups is 1. The van der Waals surface area contributed by atoms with E-state index in [1.54, 1.807) is 30.3 Å². The maximum absolute atomic E-state index is 14.4. The van der Waals surface area contributed by atoms with Crippen LogP contribution in [0.15, 0.2) is 48.5 Å². The topological polar surface area (TPSA) is 104 Å². The number of carbonyl (C=O) groups excluding carboxylic acids is 3. The second-order valence-electron chi connectivity index (χ2n) is 8.63. The van der Waals surface area contributed by atoms with E-state index in [9.17, 15) is 31.6 Å². The first-order valence-corrected chi connectivity index (χ1v) is 12.5. The van der Waals surface area contributed by atoms with Crippen LogP contribution in [0.4, 0.5) is 13.6 Å². The van der Waals surface area contributed by atoms with Gasteiger partial charge < -0.3 is 10.2 Å². The summed E-state index contributed by atoms with van der Waals surface area (Å²) in [5.41, 5.74) is -1.50. The van der Waals surface area contributed by atoms with E-state index in [0.29, 0.717) is 4.90 Å². The Balaban J connectivity index is 1.59. The Bertz CT molecular complexity index is 1250. The largest absolute Gasteiger partial charge is 0.333 e. The Morgan fingerprint density at radius 3 is 2.53 bits per heavy atom. The standard InChI is InChI=1S/C23H23F2N3O5S/c1-23(18-11-16(24)7-8-19(18)25)21(30)28(22(31)26-23)13-20(29)27(12-15-5-3-2-4-6-15)17-9-10-34(32,33)14-17/h2-8,11,17H,9-10,12-14H2,1H3,(H,26,31)/t17-,23-/m0/s1. The number of nitrogens with zero attached hydrogens (tertiary/aromatic N) is 2. The van der Waals surface area contributed by atoms with Crippen LogP contribution in [0, 0.1) is 11.6 Å². The molecule has 0 aromatic heterocycles. The molecule has 0 aliphatic carbocycles.